The minimum atomic E-state index is -0.940. The van der Waals surface area contributed by atoms with Crippen LogP contribution in [0.15, 0.2) is 30.5 Å². The fourth-order valence-corrected chi connectivity index (χ4v) is 2.51. The summed E-state index contributed by atoms with van der Waals surface area (Å²) in [6.07, 6.45) is 5.51. The number of likely N-dealkylation sites (tertiary alicyclic amines) is 1. The Kier molecular flexibility index (Phi) is 5.08. The molecule has 1 saturated heterocycles. The average molecular weight is 317 g/mol. The lowest BCUT2D eigenvalue weighted by Crippen LogP contribution is -2.37. The number of hydrogen-bond donors (Lipinski definition) is 1. The van der Waals surface area contributed by atoms with Crippen molar-refractivity contribution in [1.29, 1.82) is 0 Å². The smallest absolute Gasteiger partial charge is 0.335 e. The predicted molar refractivity (Wildman–Crippen MR) is 88.0 cm³/mol. The maximum Gasteiger partial charge on any atom is 0.335 e. The first-order valence-electron chi connectivity index (χ1n) is 7.76. The van der Waals surface area contributed by atoms with E-state index in [1.54, 1.807) is 24.3 Å². The van der Waals surface area contributed by atoms with Crippen LogP contribution in [0, 0.1) is 0 Å². The van der Waals surface area contributed by atoms with E-state index in [4.69, 9.17) is 9.84 Å². The van der Waals surface area contributed by atoms with Gasteiger partial charge in [0.15, 0.2) is 0 Å². The molecule has 0 radical (unpaired) electrons. The highest BCUT2D eigenvalue weighted by molar-refractivity contribution is 5.87. The van der Waals surface area contributed by atoms with Gasteiger partial charge in [-0.1, -0.05) is 12.1 Å². The first-order valence-corrected chi connectivity index (χ1v) is 7.76. The Morgan fingerprint density at radius 3 is 2.48 bits per heavy atom. The number of nitrogens with zero attached hydrogens (tertiary/aromatic N) is 1. The topological polar surface area (TPSA) is 66.8 Å². The number of carbonyl (C=O) groups excluding carboxylic acids is 1. The van der Waals surface area contributed by atoms with E-state index in [1.165, 1.54) is 0 Å². The van der Waals surface area contributed by atoms with E-state index in [9.17, 15) is 9.59 Å². The summed E-state index contributed by atoms with van der Waals surface area (Å²) in [6, 6.07) is 6.38. The molecule has 124 valence electrons. The van der Waals surface area contributed by atoms with Crippen LogP contribution in [0.2, 0.25) is 0 Å². The van der Waals surface area contributed by atoms with Crippen molar-refractivity contribution in [3.8, 4) is 0 Å². The Balaban J connectivity index is 2.03. The predicted octanol–water partition coefficient (Wildman–Crippen LogP) is 3.16. The Morgan fingerprint density at radius 2 is 1.91 bits per heavy atom. The lowest BCUT2D eigenvalue weighted by Gasteiger charge is -2.26. The van der Waals surface area contributed by atoms with Gasteiger partial charge in [0.25, 0.3) is 0 Å². The van der Waals surface area contributed by atoms with Crippen LogP contribution in [0.4, 0.5) is 0 Å². The number of benzene rings is 1. The summed E-state index contributed by atoms with van der Waals surface area (Å²) in [7, 11) is 0. The van der Waals surface area contributed by atoms with E-state index in [0.29, 0.717) is 0 Å². The second kappa shape index (κ2) is 6.86. The first-order chi connectivity index (χ1) is 10.8. The summed E-state index contributed by atoms with van der Waals surface area (Å²) in [6.45, 7) is 6.41. The third kappa shape index (κ3) is 4.84. The molecule has 0 aromatic heterocycles. The van der Waals surface area contributed by atoms with Crippen molar-refractivity contribution in [2.75, 3.05) is 6.54 Å². The molecule has 0 saturated carbocycles. The van der Waals surface area contributed by atoms with Crippen LogP contribution in [0.25, 0.3) is 6.08 Å². The van der Waals surface area contributed by atoms with Gasteiger partial charge in [0.2, 0.25) is 0 Å². The van der Waals surface area contributed by atoms with Crippen molar-refractivity contribution in [3.05, 3.63) is 41.6 Å². The molecule has 1 N–H and O–H groups in total. The molecule has 1 atom stereocenters. The quantitative estimate of drug-likeness (QED) is 0.864. The maximum atomic E-state index is 12.2. The molecule has 0 amide bonds. The third-order valence-electron chi connectivity index (χ3n) is 3.59. The van der Waals surface area contributed by atoms with E-state index in [0.717, 1.165) is 24.9 Å². The second-order valence-corrected chi connectivity index (χ2v) is 6.67. The van der Waals surface area contributed by atoms with Gasteiger partial charge in [0.05, 0.1) is 5.56 Å². The largest absolute Gasteiger partial charge is 0.478 e. The molecule has 1 aromatic carbocycles. The Labute approximate surface area is 136 Å². The van der Waals surface area contributed by atoms with E-state index in [1.807, 2.05) is 37.9 Å². The minimum absolute atomic E-state index is 0.194. The van der Waals surface area contributed by atoms with Crippen LogP contribution >= 0.6 is 0 Å². The van der Waals surface area contributed by atoms with Gasteiger partial charge in [0.1, 0.15) is 11.6 Å². The number of ether oxygens (including phenoxy) is 1. The highest BCUT2D eigenvalue weighted by Crippen LogP contribution is 2.22. The van der Waals surface area contributed by atoms with Crippen LogP contribution in [0.1, 0.15) is 49.5 Å². The summed E-state index contributed by atoms with van der Waals surface area (Å²) in [5.41, 5.74) is 0.668. The highest BCUT2D eigenvalue weighted by atomic mass is 16.6. The van der Waals surface area contributed by atoms with Crippen LogP contribution in [-0.2, 0) is 9.53 Å². The number of carboxylic acids is 1. The van der Waals surface area contributed by atoms with E-state index in [2.05, 4.69) is 0 Å². The second-order valence-electron chi connectivity index (χ2n) is 6.67. The minimum Gasteiger partial charge on any atom is -0.478 e. The monoisotopic (exact) mass is 317 g/mol. The lowest BCUT2D eigenvalue weighted by atomic mass is 10.1. The highest BCUT2D eigenvalue weighted by Gasteiger charge is 2.32. The van der Waals surface area contributed by atoms with Gasteiger partial charge in [-0.15, -0.1) is 0 Å². The number of carboxylic acid groups (broad SMARTS) is 1. The Hall–Kier alpha value is -2.30. The van der Waals surface area contributed by atoms with Crippen molar-refractivity contribution >= 4 is 18.0 Å². The molecule has 1 heterocycles. The van der Waals surface area contributed by atoms with Crippen molar-refractivity contribution in [2.45, 2.75) is 45.3 Å². The maximum absolute atomic E-state index is 12.2. The van der Waals surface area contributed by atoms with Gasteiger partial charge < -0.3 is 14.7 Å². The fourth-order valence-electron chi connectivity index (χ4n) is 2.51. The molecular formula is C18H23NO4. The number of hydrogen-bond acceptors (Lipinski definition) is 4. The molecule has 1 unspecified atom stereocenters. The number of rotatable bonds is 4. The molecule has 5 nitrogen and oxygen atoms in total. The summed E-state index contributed by atoms with van der Waals surface area (Å²) < 4.78 is 5.47. The molecule has 0 bridgehead atoms. The van der Waals surface area contributed by atoms with Gasteiger partial charge in [-0.05, 0) is 57.4 Å². The van der Waals surface area contributed by atoms with Crippen molar-refractivity contribution < 1.29 is 19.4 Å². The Bertz CT molecular complexity index is 598. The first kappa shape index (κ1) is 17.1. The molecule has 23 heavy (non-hydrogen) atoms. The molecule has 1 aliphatic heterocycles. The summed E-state index contributed by atoms with van der Waals surface area (Å²) >= 11 is 0. The Morgan fingerprint density at radius 1 is 1.26 bits per heavy atom. The standard InChI is InChI=1S/C18H23NO4/c1-18(2,3)23-17(22)15-5-4-11-19(15)12-10-13-6-8-14(9-7-13)16(20)21/h6-10,12,15H,4-5,11H2,1-3H3,(H,20,21). The average Bonchev–Trinajstić information content (AvgIpc) is 2.92. The van der Waals surface area contributed by atoms with E-state index < -0.39 is 11.6 Å². The summed E-state index contributed by atoms with van der Waals surface area (Å²) in [4.78, 5) is 25.1. The normalized spacial score (nSPS) is 18.4. The van der Waals surface area contributed by atoms with Crippen LogP contribution in [0.3, 0.4) is 0 Å². The summed E-state index contributed by atoms with van der Waals surface area (Å²) in [5, 5.41) is 8.89. The fraction of sp³-hybridized carbons (Fsp3) is 0.444. The molecular weight excluding hydrogens is 294 g/mol. The zero-order valence-corrected chi connectivity index (χ0v) is 13.8. The van der Waals surface area contributed by atoms with Gasteiger partial charge in [0, 0.05) is 12.7 Å². The SMILES string of the molecule is CC(C)(C)OC(=O)C1CCCN1C=Cc1ccc(C(=O)O)cc1. The van der Waals surface area contributed by atoms with Gasteiger partial charge in [-0.2, -0.15) is 0 Å². The third-order valence-corrected chi connectivity index (χ3v) is 3.59. The zero-order chi connectivity index (χ0) is 17.0. The van der Waals surface area contributed by atoms with Gasteiger partial charge in [-0.3, -0.25) is 0 Å². The molecule has 1 aliphatic rings. The van der Waals surface area contributed by atoms with Crippen molar-refractivity contribution in [2.24, 2.45) is 0 Å². The lowest BCUT2D eigenvalue weighted by molar-refractivity contribution is -0.159. The van der Waals surface area contributed by atoms with Crippen molar-refractivity contribution in [3.63, 3.8) is 0 Å². The summed E-state index contributed by atoms with van der Waals surface area (Å²) in [5.74, 6) is -1.13. The van der Waals surface area contributed by atoms with Crippen LogP contribution in [-0.4, -0.2) is 40.1 Å². The van der Waals surface area contributed by atoms with Crippen molar-refractivity contribution in [1.82, 2.24) is 4.90 Å². The molecule has 2 rings (SSSR count). The number of carbonyl (C=O) groups is 2. The number of aromatic carboxylic acids is 1. The molecule has 0 spiro atoms. The van der Waals surface area contributed by atoms with Crippen LogP contribution < -0.4 is 0 Å². The zero-order valence-electron chi connectivity index (χ0n) is 13.8. The molecule has 0 aliphatic carbocycles. The van der Waals surface area contributed by atoms with E-state index >= 15 is 0 Å². The molecule has 1 fully saturated rings. The molecule has 1 aromatic rings. The van der Waals surface area contributed by atoms with Gasteiger partial charge in [-0.25, -0.2) is 9.59 Å². The molecule has 5 heteroatoms. The van der Waals surface area contributed by atoms with E-state index in [-0.39, 0.29) is 17.6 Å². The van der Waals surface area contributed by atoms with Gasteiger partial charge >= 0.3 is 11.9 Å². The van der Waals surface area contributed by atoms with Crippen LogP contribution in [0.5, 0.6) is 0 Å². The number of esters is 1.